The fourth-order valence-corrected chi connectivity index (χ4v) is 2.10. The van der Waals surface area contributed by atoms with Crippen molar-refractivity contribution >= 4 is 17.5 Å². The summed E-state index contributed by atoms with van der Waals surface area (Å²) in [6.07, 6.45) is -0.192. The van der Waals surface area contributed by atoms with Gasteiger partial charge in [0, 0.05) is 5.02 Å². The first-order chi connectivity index (χ1) is 10.2. The SMILES string of the molecule is O=C(CCOC(c1ccccc1)c1ccc(Cl)cc1)NO. The number of amides is 1. The van der Waals surface area contributed by atoms with Crippen LogP contribution in [0.25, 0.3) is 0 Å². The van der Waals surface area contributed by atoms with Gasteiger partial charge in [-0.25, -0.2) is 5.48 Å². The summed E-state index contributed by atoms with van der Waals surface area (Å²) in [5.74, 6) is -0.474. The van der Waals surface area contributed by atoms with Gasteiger partial charge >= 0.3 is 0 Å². The quantitative estimate of drug-likeness (QED) is 0.635. The van der Waals surface area contributed by atoms with Crippen LogP contribution < -0.4 is 5.48 Å². The molecule has 0 aliphatic carbocycles. The van der Waals surface area contributed by atoms with Crippen molar-refractivity contribution < 1.29 is 14.7 Å². The lowest BCUT2D eigenvalue weighted by Gasteiger charge is -2.19. The van der Waals surface area contributed by atoms with Crippen LogP contribution >= 0.6 is 11.6 Å². The lowest BCUT2D eigenvalue weighted by Crippen LogP contribution is -2.21. The molecule has 0 aliphatic heterocycles. The molecule has 1 unspecified atom stereocenters. The van der Waals surface area contributed by atoms with Crippen LogP contribution in [0.4, 0.5) is 0 Å². The average molecular weight is 306 g/mol. The Balaban J connectivity index is 2.15. The van der Waals surface area contributed by atoms with Gasteiger partial charge in [-0.3, -0.25) is 10.0 Å². The van der Waals surface area contributed by atoms with E-state index in [1.807, 2.05) is 42.5 Å². The van der Waals surface area contributed by atoms with Crippen LogP contribution in [0.2, 0.25) is 5.02 Å². The van der Waals surface area contributed by atoms with Gasteiger partial charge in [-0.05, 0) is 23.3 Å². The molecule has 0 fully saturated rings. The molecule has 2 rings (SSSR count). The van der Waals surface area contributed by atoms with Gasteiger partial charge in [-0.15, -0.1) is 0 Å². The molecule has 0 saturated carbocycles. The zero-order valence-corrected chi connectivity index (χ0v) is 12.1. The van der Waals surface area contributed by atoms with Crippen LogP contribution in [-0.2, 0) is 9.53 Å². The largest absolute Gasteiger partial charge is 0.368 e. The predicted octanol–water partition coefficient (Wildman–Crippen LogP) is 3.34. The van der Waals surface area contributed by atoms with E-state index in [0.717, 1.165) is 11.1 Å². The van der Waals surface area contributed by atoms with Crippen molar-refractivity contribution in [3.8, 4) is 0 Å². The van der Waals surface area contributed by atoms with Crippen molar-refractivity contribution in [3.63, 3.8) is 0 Å². The van der Waals surface area contributed by atoms with Gasteiger partial charge in [0.1, 0.15) is 6.10 Å². The Morgan fingerprint density at radius 1 is 1.10 bits per heavy atom. The molecule has 2 aromatic rings. The Kier molecular flexibility index (Phi) is 5.75. The first-order valence-corrected chi connectivity index (χ1v) is 6.93. The first-order valence-electron chi connectivity index (χ1n) is 6.55. The number of hydrogen-bond donors (Lipinski definition) is 2. The predicted molar refractivity (Wildman–Crippen MR) is 80.2 cm³/mol. The number of rotatable bonds is 6. The van der Waals surface area contributed by atoms with E-state index in [1.165, 1.54) is 0 Å². The van der Waals surface area contributed by atoms with Gasteiger partial charge in [-0.2, -0.15) is 0 Å². The maximum absolute atomic E-state index is 11.1. The third kappa shape index (κ3) is 4.56. The molecule has 0 aliphatic rings. The van der Waals surface area contributed by atoms with Crippen LogP contribution in [-0.4, -0.2) is 17.7 Å². The molecule has 21 heavy (non-hydrogen) atoms. The standard InChI is InChI=1S/C16H16ClNO3/c17-14-8-6-13(7-9-14)16(12-4-2-1-3-5-12)21-11-10-15(19)18-20/h1-9,16,20H,10-11H2,(H,18,19). The summed E-state index contributed by atoms with van der Waals surface area (Å²) in [7, 11) is 0. The highest BCUT2D eigenvalue weighted by Crippen LogP contribution is 2.27. The fraction of sp³-hybridized carbons (Fsp3) is 0.188. The van der Waals surface area contributed by atoms with Crippen LogP contribution in [0, 0.1) is 0 Å². The second kappa shape index (κ2) is 7.78. The van der Waals surface area contributed by atoms with E-state index in [2.05, 4.69) is 0 Å². The Bertz CT molecular complexity index is 572. The molecule has 1 atom stereocenters. The van der Waals surface area contributed by atoms with Gasteiger partial charge in [-0.1, -0.05) is 54.1 Å². The van der Waals surface area contributed by atoms with E-state index in [1.54, 1.807) is 17.6 Å². The zero-order chi connectivity index (χ0) is 15.1. The van der Waals surface area contributed by atoms with Crippen LogP contribution in [0.1, 0.15) is 23.7 Å². The van der Waals surface area contributed by atoms with E-state index in [9.17, 15) is 4.79 Å². The number of ether oxygens (including phenoxy) is 1. The van der Waals surface area contributed by atoms with Crippen molar-refractivity contribution in [2.75, 3.05) is 6.61 Å². The molecular weight excluding hydrogens is 290 g/mol. The average Bonchev–Trinajstić information content (AvgIpc) is 2.53. The van der Waals surface area contributed by atoms with Gasteiger partial charge in [0.2, 0.25) is 5.91 Å². The second-order valence-corrected chi connectivity index (χ2v) is 4.93. The smallest absolute Gasteiger partial charge is 0.245 e. The van der Waals surface area contributed by atoms with Crippen molar-refractivity contribution in [3.05, 3.63) is 70.7 Å². The molecule has 2 N–H and O–H groups in total. The Hall–Kier alpha value is -1.88. The monoisotopic (exact) mass is 305 g/mol. The van der Waals surface area contributed by atoms with Crippen LogP contribution in [0.15, 0.2) is 54.6 Å². The Labute approximate surface area is 128 Å². The number of hydrogen-bond acceptors (Lipinski definition) is 3. The zero-order valence-electron chi connectivity index (χ0n) is 11.3. The molecular formula is C16H16ClNO3. The summed E-state index contributed by atoms with van der Waals surface area (Å²) < 4.78 is 5.81. The molecule has 0 spiro atoms. The summed E-state index contributed by atoms with van der Waals surface area (Å²) >= 11 is 5.91. The van der Waals surface area contributed by atoms with E-state index in [0.29, 0.717) is 5.02 Å². The fourth-order valence-electron chi connectivity index (χ4n) is 1.98. The van der Waals surface area contributed by atoms with Crippen LogP contribution in [0.3, 0.4) is 0 Å². The highest BCUT2D eigenvalue weighted by atomic mass is 35.5. The summed E-state index contributed by atoms with van der Waals surface area (Å²) in [4.78, 5) is 11.1. The minimum absolute atomic E-state index is 0.0907. The van der Waals surface area contributed by atoms with E-state index in [4.69, 9.17) is 21.5 Å². The molecule has 0 saturated heterocycles. The molecule has 5 heteroatoms. The lowest BCUT2D eigenvalue weighted by molar-refractivity contribution is -0.130. The number of hydroxylamine groups is 1. The van der Waals surface area contributed by atoms with Gasteiger partial charge in [0.25, 0.3) is 0 Å². The third-order valence-corrected chi connectivity index (χ3v) is 3.27. The number of halogens is 1. The topological polar surface area (TPSA) is 58.6 Å². The van der Waals surface area contributed by atoms with E-state index in [-0.39, 0.29) is 19.1 Å². The van der Waals surface area contributed by atoms with Crippen LogP contribution in [0.5, 0.6) is 0 Å². The summed E-state index contributed by atoms with van der Waals surface area (Å²) in [6.45, 7) is 0.203. The van der Waals surface area contributed by atoms with Gasteiger partial charge in [0.15, 0.2) is 0 Å². The van der Waals surface area contributed by atoms with Crippen molar-refractivity contribution in [2.24, 2.45) is 0 Å². The number of carbonyl (C=O) groups excluding carboxylic acids is 1. The van der Waals surface area contributed by atoms with Gasteiger partial charge in [0.05, 0.1) is 13.0 Å². The highest BCUT2D eigenvalue weighted by molar-refractivity contribution is 6.30. The Morgan fingerprint density at radius 3 is 2.33 bits per heavy atom. The molecule has 110 valence electrons. The number of nitrogens with one attached hydrogen (secondary N) is 1. The first kappa shape index (κ1) is 15.5. The van der Waals surface area contributed by atoms with Crippen molar-refractivity contribution in [1.82, 2.24) is 5.48 Å². The van der Waals surface area contributed by atoms with E-state index >= 15 is 0 Å². The minimum atomic E-state index is -0.474. The summed E-state index contributed by atoms with van der Waals surface area (Å²) in [5.41, 5.74) is 3.53. The molecule has 2 aromatic carbocycles. The maximum atomic E-state index is 11.1. The number of carbonyl (C=O) groups is 1. The molecule has 0 aromatic heterocycles. The molecule has 4 nitrogen and oxygen atoms in total. The maximum Gasteiger partial charge on any atom is 0.245 e. The summed E-state index contributed by atoms with van der Waals surface area (Å²) in [5, 5.41) is 9.15. The van der Waals surface area contributed by atoms with Crippen molar-refractivity contribution in [2.45, 2.75) is 12.5 Å². The molecule has 0 heterocycles. The second-order valence-electron chi connectivity index (χ2n) is 4.50. The molecule has 0 radical (unpaired) electrons. The Morgan fingerprint density at radius 2 is 1.71 bits per heavy atom. The molecule has 0 bridgehead atoms. The normalized spacial score (nSPS) is 11.9. The molecule has 1 amide bonds. The highest BCUT2D eigenvalue weighted by Gasteiger charge is 2.15. The number of benzene rings is 2. The van der Waals surface area contributed by atoms with Crippen molar-refractivity contribution in [1.29, 1.82) is 0 Å². The van der Waals surface area contributed by atoms with Gasteiger partial charge < -0.3 is 4.74 Å². The van der Waals surface area contributed by atoms with E-state index < -0.39 is 5.91 Å². The third-order valence-electron chi connectivity index (χ3n) is 3.01. The summed E-state index contributed by atoms with van der Waals surface area (Å²) in [6, 6.07) is 17.1. The lowest BCUT2D eigenvalue weighted by atomic mass is 10.0. The minimum Gasteiger partial charge on any atom is -0.368 e.